The first-order chi connectivity index (χ1) is 9.95. The predicted molar refractivity (Wildman–Crippen MR) is 79.6 cm³/mol. The van der Waals surface area contributed by atoms with Gasteiger partial charge in [-0.15, -0.1) is 0 Å². The normalized spacial score (nSPS) is 10.1. The standard InChI is InChI=1S/C16H16N2O3/c1-10(2)9-13-7-8-14(20-13)16(19)21-12-5-3-11(4-6-12)15(17)18/h3-8H,1,9H2,2H3,(H3,17,18). The fourth-order valence-electron chi connectivity index (χ4n) is 1.74. The minimum absolute atomic E-state index is 0.0386. The Hall–Kier alpha value is -2.82. The molecule has 1 aromatic carbocycles. The third kappa shape index (κ3) is 3.82. The fraction of sp³-hybridized carbons (Fsp3) is 0.125. The molecule has 0 atom stereocenters. The lowest BCUT2D eigenvalue weighted by molar-refractivity contribution is 0.0699. The third-order valence-corrected chi connectivity index (χ3v) is 2.71. The number of rotatable bonds is 5. The van der Waals surface area contributed by atoms with Gasteiger partial charge >= 0.3 is 5.97 Å². The molecule has 0 spiro atoms. The molecule has 2 aromatic rings. The Morgan fingerprint density at radius 2 is 1.95 bits per heavy atom. The van der Waals surface area contributed by atoms with Crippen molar-refractivity contribution >= 4 is 11.8 Å². The van der Waals surface area contributed by atoms with Crippen LogP contribution in [0.2, 0.25) is 0 Å². The molecule has 0 unspecified atom stereocenters. The van der Waals surface area contributed by atoms with Gasteiger partial charge in [-0.25, -0.2) is 4.79 Å². The van der Waals surface area contributed by atoms with E-state index in [1.165, 1.54) is 0 Å². The summed E-state index contributed by atoms with van der Waals surface area (Å²) >= 11 is 0. The second kappa shape index (κ2) is 6.09. The number of ether oxygens (including phenoxy) is 1. The number of furan rings is 1. The Labute approximate surface area is 122 Å². The maximum atomic E-state index is 11.9. The van der Waals surface area contributed by atoms with Gasteiger partial charge in [0.05, 0.1) is 0 Å². The Kier molecular flexibility index (Phi) is 4.23. The summed E-state index contributed by atoms with van der Waals surface area (Å²) in [4.78, 5) is 11.9. The molecule has 5 heteroatoms. The Morgan fingerprint density at radius 3 is 2.52 bits per heavy atom. The van der Waals surface area contributed by atoms with Gasteiger partial charge in [0.25, 0.3) is 0 Å². The zero-order valence-electron chi connectivity index (χ0n) is 11.7. The highest BCUT2D eigenvalue weighted by atomic mass is 16.5. The lowest BCUT2D eigenvalue weighted by Crippen LogP contribution is -2.11. The molecule has 1 heterocycles. The quantitative estimate of drug-likeness (QED) is 0.290. The predicted octanol–water partition coefficient (Wildman–Crippen LogP) is 2.90. The van der Waals surface area contributed by atoms with Crippen LogP contribution < -0.4 is 10.5 Å². The molecule has 0 bridgehead atoms. The molecule has 0 amide bonds. The van der Waals surface area contributed by atoms with Crippen molar-refractivity contribution in [3.8, 4) is 5.75 Å². The molecule has 0 aliphatic carbocycles. The number of nitrogens with one attached hydrogen (secondary N) is 1. The van der Waals surface area contributed by atoms with Crippen molar-refractivity contribution in [2.75, 3.05) is 0 Å². The molecule has 108 valence electrons. The van der Waals surface area contributed by atoms with Crippen LogP contribution in [0.15, 0.2) is 53.0 Å². The number of esters is 1. The number of hydrogen-bond donors (Lipinski definition) is 2. The lowest BCUT2D eigenvalue weighted by atomic mass is 10.2. The van der Waals surface area contributed by atoms with E-state index in [1.54, 1.807) is 36.4 Å². The molecular formula is C16H16N2O3. The van der Waals surface area contributed by atoms with E-state index in [9.17, 15) is 4.79 Å². The van der Waals surface area contributed by atoms with E-state index < -0.39 is 5.97 Å². The van der Waals surface area contributed by atoms with Gasteiger partial charge in [-0.2, -0.15) is 0 Å². The topological polar surface area (TPSA) is 89.3 Å². The average molecular weight is 284 g/mol. The van der Waals surface area contributed by atoms with Crippen molar-refractivity contribution in [1.82, 2.24) is 0 Å². The first-order valence-electron chi connectivity index (χ1n) is 6.35. The van der Waals surface area contributed by atoms with Crippen LogP contribution in [0.4, 0.5) is 0 Å². The van der Waals surface area contributed by atoms with Crippen LogP contribution >= 0.6 is 0 Å². The monoisotopic (exact) mass is 284 g/mol. The maximum Gasteiger partial charge on any atom is 0.379 e. The lowest BCUT2D eigenvalue weighted by Gasteiger charge is -2.03. The van der Waals surface area contributed by atoms with Crippen molar-refractivity contribution < 1.29 is 13.9 Å². The summed E-state index contributed by atoms with van der Waals surface area (Å²) in [6.07, 6.45) is 0.584. The first-order valence-corrected chi connectivity index (χ1v) is 6.35. The third-order valence-electron chi connectivity index (χ3n) is 2.71. The Bertz CT molecular complexity index is 684. The molecule has 0 aliphatic rings. The van der Waals surface area contributed by atoms with Crippen molar-refractivity contribution in [1.29, 1.82) is 5.41 Å². The maximum absolute atomic E-state index is 11.9. The molecular weight excluding hydrogens is 268 g/mol. The molecule has 0 saturated heterocycles. The van der Waals surface area contributed by atoms with E-state index in [4.69, 9.17) is 20.3 Å². The first kappa shape index (κ1) is 14.6. The Morgan fingerprint density at radius 1 is 1.29 bits per heavy atom. The summed E-state index contributed by atoms with van der Waals surface area (Å²) in [5, 5.41) is 7.29. The van der Waals surface area contributed by atoms with Crippen LogP contribution in [0.25, 0.3) is 0 Å². The van der Waals surface area contributed by atoms with E-state index in [1.807, 2.05) is 6.92 Å². The highest BCUT2D eigenvalue weighted by Gasteiger charge is 2.14. The minimum atomic E-state index is -0.571. The zero-order chi connectivity index (χ0) is 15.4. The van der Waals surface area contributed by atoms with Crippen LogP contribution in [-0.4, -0.2) is 11.8 Å². The molecule has 1 aromatic heterocycles. The SMILES string of the molecule is C=C(C)Cc1ccc(C(=O)Oc2ccc(C(=N)N)cc2)o1. The second-order valence-corrected chi connectivity index (χ2v) is 4.73. The molecule has 3 N–H and O–H groups in total. The van der Waals surface area contributed by atoms with Gasteiger partial charge in [-0.05, 0) is 43.3 Å². The van der Waals surface area contributed by atoms with Gasteiger partial charge in [-0.3, -0.25) is 5.41 Å². The van der Waals surface area contributed by atoms with Gasteiger partial charge in [0, 0.05) is 12.0 Å². The van der Waals surface area contributed by atoms with Crippen LogP contribution in [-0.2, 0) is 6.42 Å². The van der Waals surface area contributed by atoms with Gasteiger partial charge in [-0.1, -0.05) is 12.2 Å². The smallest absolute Gasteiger partial charge is 0.379 e. The van der Waals surface area contributed by atoms with Crippen LogP contribution in [0, 0.1) is 5.41 Å². The van der Waals surface area contributed by atoms with Gasteiger partial charge in [0.15, 0.2) is 0 Å². The fourth-order valence-corrected chi connectivity index (χ4v) is 1.74. The number of amidine groups is 1. The van der Waals surface area contributed by atoms with Crippen molar-refractivity contribution in [3.05, 3.63) is 65.6 Å². The van der Waals surface area contributed by atoms with Crippen molar-refractivity contribution in [3.63, 3.8) is 0 Å². The minimum Gasteiger partial charge on any atom is -0.454 e. The summed E-state index contributed by atoms with van der Waals surface area (Å²) in [6.45, 7) is 5.68. The largest absolute Gasteiger partial charge is 0.454 e. The van der Waals surface area contributed by atoms with E-state index in [2.05, 4.69) is 6.58 Å². The number of nitrogen functional groups attached to an aromatic ring is 1. The highest BCUT2D eigenvalue weighted by Crippen LogP contribution is 2.16. The molecule has 21 heavy (non-hydrogen) atoms. The van der Waals surface area contributed by atoms with Crippen LogP contribution in [0.3, 0.4) is 0 Å². The molecule has 2 rings (SSSR count). The summed E-state index contributed by atoms with van der Waals surface area (Å²) in [5.74, 6) is 0.563. The van der Waals surface area contributed by atoms with Gasteiger partial charge in [0.1, 0.15) is 17.3 Å². The second-order valence-electron chi connectivity index (χ2n) is 4.73. The van der Waals surface area contributed by atoms with Gasteiger partial charge in [0.2, 0.25) is 5.76 Å². The van der Waals surface area contributed by atoms with E-state index in [0.29, 0.717) is 23.5 Å². The van der Waals surface area contributed by atoms with Gasteiger partial charge < -0.3 is 14.9 Å². The van der Waals surface area contributed by atoms with Crippen LogP contribution in [0.1, 0.15) is 28.8 Å². The van der Waals surface area contributed by atoms with Crippen molar-refractivity contribution in [2.45, 2.75) is 13.3 Å². The molecule has 0 radical (unpaired) electrons. The van der Waals surface area contributed by atoms with E-state index in [0.717, 1.165) is 5.57 Å². The Balaban J connectivity index is 2.05. The average Bonchev–Trinajstić information content (AvgIpc) is 2.87. The number of hydrogen-bond acceptors (Lipinski definition) is 4. The van der Waals surface area contributed by atoms with Crippen molar-refractivity contribution in [2.24, 2.45) is 5.73 Å². The number of allylic oxidation sites excluding steroid dienone is 1. The molecule has 5 nitrogen and oxygen atoms in total. The molecule has 0 fully saturated rings. The molecule has 0 aliphatic heterocycles. The van der Waals surface area contributed by atoms with Crippen LogP contribution in [0.5, 0.6) is 5.75 Å². The number of carbonyl (C=O) groups is 1. The number of benzene rings is 1. The summed E-state index contributed by atoms with van der Waals surface area (Å²) in [7, 11) is 0. The van der Waals surface area contributed by atoms with E-state index in [-0.39, 0.29) is 11.6 Å². The number of nitrogens with two attached hydrogens (primary N) is 1. The van der Waals surface area contributed by atoms with E-state index >= 15 is 0 Å². The zero-order valence-corrected chi connectivity index (χ0v) is 11.7. The summed E-state index contributed by atoms with van der Waals surface area (Å²) in [6, 6.07) is 9.67. The summed E-state index contributed by atoms with van der Waals surface area (Å²) < 4.78 is 10.6. The number of carbonyl (C=O) groups excluding carboxylic acids is 1. The molecule has 0 saturated carbocycles. The summed E-state index contributed by atoms with van der Waals surface area (Å²) in [5.41, 5.74) is 6.87. The highest BCUT2D eigenvalue weighted by molar-refractivity contribution is 5.95.